The van der Waals surface area contributed by atoms with Crippen molar-refractivity contribution < 1.29 is 23.0 Å². The van der Waals surface area contributed by atoms with Gasteiger partial charge in [0, 0.05) is 0 Å². The van der Waals surface area contributed by atoms with Crippen LogP contribution in [-0.2, 0) is 0 Å². The molecule has 0 aliphatic heterocycles. The molecular weight excluding hydrogens is 387 g/mol. The molecule has 3 rings (SSSR count). The molecule has 0 N–H and O–H groups in total. The van der Waals surface area contributed by atoms with Crippen LogP contribution in [0.5, 0.6) is 17.2 Å². The normalized spacial score (nSPS) is 12.2. The van der Waals surface area contributed by atoms with Gasteiger partial charge in [-0.25, -0.2) is 0 Å². The predicted molar refractivity (Wildman–Crippen MR) is 102 cm³/mol. The van der Waals surface area contributed by atoms with Gasteiger partial charge in [-0.15, -0.1) is 0 Å². The van der Waals surface area contributed by atoms with Crippen molar-refractivity contribution in [3.8, 4) is 17.2 Å². The number of hydrogen-bond donors (Lipinski definition) is 0. The summed E-state index contributed by atoms with van der Waals surface area (Å²) in [7, 11) is -6.29. The Morgan fingerprint density at radius 1 is 0.536 bits per heavy atom. The van der Waals surface area contributed by atoms with E-state index in [-0.39, 0.29) is 17.2 Å². The third kappa shape index (κ3) is 3.43. The molecular formula is C18H15N2O7P. The summed E-state index contributed by atoms with van der Waals surface area (Å²) in [5.41, 5.74) is 0. The first-order valence-electron chi connectivity index (χ1n) is 8.02. The van der Waals surface area contributed by atoms with Gasteiger partial charge in [0.25, 0.3) is 0 Å². The molecule has 0 spiro atoms. The van der Waals surface area contributed by atoms with Gasteiger partial charge in [-0.3, -0.25) is 0 Å². The van der Waals surface area contributed by atoms with E-state index in [2.05, 4.69) is 0 Å². The Hall–Kier alpha value is -3.71. The Morgan fingerprint density at radius 2 is 0.786 bits per heavy atom. The summed E-state index contributed by atoms with van der Waals surface area (Å²) in [5, 5.41) is 24.5. The molecule has 0 radical (unpaired) electrons. The Bertz CT molecular complexity index is 849. The molecule has 0 fully saturated rings. The molecule has 144 valence electrons. The van der Waals surface area contributed by atoms with Crippen LogP contribution < -0.4 is 13.6 Å². The molecule has 9 nitrogen and oxygen atoms in total. The average Bonchev–Trinajstić information content (AvgIpc) is 2.70. The van der Waals surface area contributed by atoms with Gasteiger partial charge >= 0.3 is 159 Å². The van der Waals surface area contributed by atoms with E-state index in [4.69, 9.17) is 13.6 Å². The molecule has 10 heteroatoms. The van der Waals surface area contributed by atoms with E-state index in [1.54, 1.807) is 18.2 Å². The second kappa shape index (κ2) is 7.50. The Kier molecular flexibility index (Phi) is 5.10. The summed E-state index contributed by atoms with van der Waals surface area (Å²) in [6, 6.07) is 22.1. The molecule has 3 aromatic carbocycles. The first-order chi connectivity index (χ1) is 13.4. The minimum atomic E-state index is -6.29. The fourth-order valence-corrected chi connectivity index (χ4v) is 4.38. The molecule has 0 aromatic heterocycles. The maximum atomic E-state index is 12.2. The first-order valence-corrected chi connectivity index (χ1v) is 9.92. The Labute approximate surface area is 159 Å². The van der Waals surface area contributed by atoms with Gasteiger partial charge in [-0.2, -0.15) is 0 Å². The van der Waals surface area contributed by atoms with Crippen LogP contribution in [0, 0.1) is 20.2 Å². The van der Waals surface area contributed by atoms with E-state index in [1.165, 1.54) is 72.8 Å². The molecule has 0 heterocycles. The molecule has 0 saturated heterocycles. The van der Waals surface area contributed by atoms with Crippen molar-refractivity contribution in [2.75, 3.05) is 0 Å². The molecule has 0 aliphatic rings. The van der Waals surface area contributed by atoms with Gasteiger partial charge in [0.15, 0.2) is 0 Å². The van der Waals surface area contributed by atoms with E-state index in [1.807, 2.05) is 0 Å². The zero-order valence-corrected chi connectivity index (χ0v) is 15.3. The van der Waals surface area contributed by atoms with E-state index < -0.39 is 17.0 Å². The van der Waals surface area contributed by atoms with Crippen LogP contribution >= 0.6 is 7.59 Å². The number of rotatable bonds is 8. The molecule has 3 aromatic rings. The SMILES string of the molecule is O=[N+]([O-])P(Oc1ccccc1)(Oc1ccccc1)(Oc1ccccc1)[N+](=O)[O-]. The molecule has 0 saturated carbocycles. The molecule has 0 aliphatic carbocycles. The second-order valence-corrected chi connectivity index (χ2v) is 8.30. The van der Waals surface area contributed by atoms with Gasteiger partial charge in [0.2, 0.25) is 0 Å². The average molecular weight is 402 g/mol. The summed E-state index contributed by atoms with van der Waals surface area (Å²) < 4.78 is 13.8. The van der Waals surface area contributed by atoms with Crippen LogP contribution in [-0.4, -0.2) is 9.39 Å². The zero-order valence-electron chi connectivity index (χ0n) is 14.4. The number of nitro groups is 2. The molecule has 28 heavy (non-hydrogen) atoms. The fraction of sp³-hybridized carbons (Fsp3) is 0. The number of nitrogens with zero attached hydrogens (tertiary/aromatic N) is 2. The summed E-state index contributed by atoms with van der Waals surface area (Å²) in [6.45, 7) is 0. The quantitative estimate of drug-likeness (QED) is 0.299. The first kappa shape index (κ1) is 19.1. The molecule has 0 amide bonds. The van der Waals surface area contributed by atoms with Crippen molar-refractivity contribution in [3.05, 3.63) is 111 Å². The third-order valence-corrected chi connectivity index (χ3v) is 6.22. The molecule has 0 bridgehead atoms. The number of para-hydroxylation sites is 3. The van der Waals surface area contributed by atoms with Crippen molar-refractivity contribution >= 4 is 7.59 Å². The number of hydrogen-bond acceptors (Lipinski definition) is 7. The van der Waals surface area contributed by atoms with E-state index in [9.17, 15) is 20.2 Å². The standard InChI is InChI=1S/C18H15N2O7P/c21-19(22)28(20(23)24,25-16-10-4-1-5-11-16,26-17-12-6-2-7-13-17)27-18-14-8-3-9-15-18/h1-15H. The van der Waals surface area contributed by atoms with E-state index >= 15 is 0 Å². The zero-order chi connectivity index (χ0) is 20.1. The van der Waals surface area contributed by atoms with Gasteiger partial charge in [-0.05, 0) is 0 Å². The monoisotopic (exact) mass is 402 g/mol. The van der Waals surface area contributed by atoms with E-state index in [0.29, 0.717) is 0 Å². The summed E-state index contributed by atoms with van der Waals surface area (Å²) in [5.74, 6) is -0.415. The van der Waals surface area contributed by atoms with Crippen molar-refractivity contribution in [2.24, 2.45) is 0 Å². The van der Waals surface area contributed by atoms with Crippen LogP contribution in [0.1, 0.15) is 0 Å². The second-order valence-electron chi connectivity index (χ2n) is 5.49. The molecule has 0 atom stereocenters. The van der Waals surface area contributed by atoms with Crippen molar-refractivity contribution in [2.45, 2.75) is 0 Å². The van der Waals surface area contributed by atoms with Crippen molar-refractivity contribution in [1.82, 2.24) is 0 Å². The fourth-order valence-electron chi connectivity index (χ4n) is 2.30. The van der Waals surface area contributed by atoms with Crippen LogP contribution in [0.2, 0.25) is 0 Å². The maximum absolute atomic E-state index is 12.2. The predicted octanol–water partition coefficient (Wildman–Crippen LogP) is 4.91. The Balaban J connectivity index is 2.23. The van der Waals surface area contributed by atoms with Gasteiger partial charge in [-0.1, -0.05) is 0 Å². The third-order valence-electron chi connectivity index (χ3n) is 3.56. The van der Waals surface area contributed by atoms with Crippen LogP contribution in [0.15, 0.2) is 91.0 Å². The topological polar surface area (TPSA) is 114 Å². The summed E-state index contributed by atoms with van der Waals surface area (Å²) >= 11 is 0. The van der Waals surface area contributed by atoms with E-state index in [0.717, 1.165) is 0 Å². The Morgan fingerprint density at radius 3 is 1.00 bits per heavy atom. The summed E-state index contributed by atoms with van der Waals surface area (Å²) in [4.78, 5) is 24.5. The summed E-state index contributed by atoms with van der Waals surface area (Å²) in [6.07, 6.45) is 0. The van der Waals surface area contributed by atoms with Crippen molar-refractivity contribution in [3.63, 3.8) is 0 Å². The van der Waals surface area contributed by atoms with Crippen LogP contribution in [0.3, 0.4) is 0 Å². The van der Waals surface area contributed by atoms with Gasteiger partial charge in [0.1, 0.15) is 0 Å². The van der Waals surface area contributed by atoms with Gasteiger partial charge < -0.3 is 0 Å². The minimum absolute atomic E-state index is 0.138. The van der Waals surface area contributed by atoms with Crippen molar-refractivity contribution in [1.29, 1.82) is 0 Å². The molecule has 0 unspecified atom stereocenters. The van der Waals surface area contributed by atoms with Gasteiger partial charge in [0.05, 0.1) is 0 Å². The van der Waals surface area contributed by atoms with Crippen LogP contribution in [0.25, 0.3) is 0 Å². The number of benzene rings is 3. The van der Waals surface area contributed by atoms with Crippen LogP contribution in [0.4, 0.5) is 0 Å².